The number of nitrogens with zero attached hydrogens (tertiary/aromatic N) is 1. The molecule has 1 fully saturated rings. The van der Waals surface area contributed by atoms with Crippen molar-refractivity contribution in [2.75, 3.05) is 13.1 Å². The molecule has 1 aliphatic carbocycles. The Morgan fingerprint density at radius 2 is 1.58 bits per heavy atom. The van der Waals surface area contributed by atoms with Crippen molar-refractivity contribution in [3.05, 3.63) is 71.8 Å². The van der Waals surface area contributed by atoms with Crippen LogP contribution in [0.2, 0.25) is 0 Å². The van der Waals surface area contributed by atoms with E-state index in [4.69, 9.17) is 21.1 Å². The summed E-state index contributed by atoms with van der Waals surface area (Å²) in [7, 11) is 0.539. The Morgan fingerprint density at radius 3 is 2.11 bits per heavy atom. The molecule has 10 heteroatoms. The lowest BCUT2D eigenvalue weighted by Crippen LogP contribution is -2.53. The van der Waals surface area contributed by atoms with Crippen LogP contribution in [0.25, 0.3) is 0 Å². The second-order valence-electron chi connectivity index (χ2n) is 9.03. The highest BCUT2D eigenvalue weighted by Gasteiger charge is 2.48. The second kappa shape index (κ2) is 13.7. The standard InChI is InChI=1S/C26H35BN5O4/c28-25(29)30-17-9-14-22(36-27-35)32-24(34)26(15-7-8-16-26)23(33)31-18-21(19-10-3-1-4-11-19)20-12-5-2-6-13-20/h1-6,10-13,21-22,35H,7-9,14-18H2,(H,31,33)(H,32,34)(H4,28,29,30)/t22-/m1/s1. The quantitative estimate of drug-likeness (QED) is 0.0714. The monoisotopic (exact) mass is 492 g/mol. The molecule has 191 valence electrons. The smallest absolute Gasteiger partial charge is 0.429 e. The van der Waals surface area contributed by atoms with E-state index in [0.717, 1.165) is 24.0 Å². The number of nitrogens with one attached hydrogen (secondary N) is 2. The number of hydrogen-bond acceptors (Lipinski definition) is 5. The largest absolute Gasteiger partial charge is 0.486 e. The van der Waals surface area contributed by atoms with Gasteiger partial charge in [-0.15, -0.1) is 0 Å². The van der Waals surface area contributed by atoms with Crippen molar-refractivity contribution in [1.82, 2.24) is 10.6 Å². The summed E-state index contributed by atoms with van der Waals surface area (Å²) in [6.45, 7) is 0.722. The maximum atomic E-state index is 13.5. The van der Waals surface area contributed by atoms with Gasteiger partial charge in [-0.2, -0.15) is 0 Å². The third-order valence-corrected chi connectivity index (χ3v) is 6.63. The number of amides is 2. The molecule has 0 aliphatic heterocycles. The maximum absolute atomic E-state index is 13.5. The topological polar surface area (TPSA) is 152 Å². The van der Waals surface area contributed by atoms with E-state index >= 15 is 0 Å². The van der Waals surface area contributed by atoms with E-state index < -0.39 is 17.6 Å². The van der Waals surface area contributed by atoms with Gasteiger partial charge in [-0.3, -0.25) is 14.6 Å². The van der Waals surface area contributed by atoms with Gasteiger partial charge in [-0.05, 0) is 36.8 Å². The van der Waals surface area contributed by atoms with E-state index in [1.54, 1.807) is 0 Å². The summed E-state index contributed by atoms with van der Waals surface area (Å²) in [5, 5.41) is 15.0. The van der Waals surface area contributed by atoms with Crippen LogP contribution in [0, 0.1) is 5.41 Å². The summed E-state index contributed by atoms with van der Waals surface area (Å²) in [6, 6.07) is 20.0. The number of benzene rings is 2. The molecule has 9 nitrogen and oxygen atoms in total. The van der Waals surface area contributed by atoms with Crippen molar-refractivity contribution in [1.29, 1.82) is 0 Å². The van der Waals surface area contributed by atoms with E-state index in [2.05, 4.69) is 15.6 Å². The number of aliphatic imine (C=N–C) groups is 1. The van der Waals surface area contributed by atoms with Crippen LogP contribution in [0.15, 0.2) is 65.7 Å². The van der Waals surface area contributed by atoms with E-state index in [9.17, 15) is 9.59 Å². The van der Waals surface area contributed by atoms with E-state index in [0.29, 0.717) is 46.5 Å². The Kier molecular flexibility index (Phi) is 10.3. The molecule has 7 N–H and O–H groups in total. The van der Waals surface area contributed by atoms with Crippen LogP contribution in [0.3, 0.4) is 0 Å². The van der Waals surface area contributed by atoms with Gasteiger partial charge in [0.1, 0.15) is 11.6 Å². The molecule has 0 unspecified atom stereocenters. The normalized spacial score (nSPS) is 15.2. The molecular formula is C26H35BN5O4. The zero-order valence-corrected chi connectivity index (χ0v) is 20.4. The van der Waals surface area contributed by atoms with Gasteiger partial charge in [0.25, 0.3) is 0 Å². The third-order valence-electron chi connectivity index (χ3n) is 6.63. The first-order chi connectivity index (χ1) is 17.5. The summed E-state index contributed by atoms with van der Waals surface area (Å²) in [5.74, 6) is -0.756. The van der Waals surface area contributed by atoms with Gasteiger partial charge < -0.3 is 31.8 Å². The van der Waals surface area contributed by atoms with Gasteiger partial charge in [0.05, 0.1) is 0 Å². The molecule has 1 saturated carbocycles. The van der Waals surface area contributed by atoms with Crippen LogP contribution < -0.4 is 22.1 Å². The molecule has 2 aromatic rings. The minimum absolute atomic E-state index is 0.0175. The molecule has 1 atom stereocenters. The molecule has 0 aromatic heterocycles. The van der Waals surface area contributed by atoms with Gasteiger partial charge in [0.2, 0.25) is 11.8 Å². The first-order valence-electron chi connectivity index (χ1n) is 12.3. The number of rotatable bonds is 13. The van der Waals surface area contributed by atoms with Crippen molar-refractivity contribution >= 4 is 25.5 Å². The lowest BCUT2D eigenvalue weighted by molar-refractivity contribution is -0.145. The Bertz CT molecular complexity index is 956. The van der Waals surface area contributed by atoms with Crippen LogP contribution in [0.4, 0.5) is 0 Å². The number of carbonyl (C=O) groups is 2. The molecule has 1 radical (unpaired) electrons. The van der Waals surface area contributed by atoms with Crippen LogP contribution in [-0.4, -0.2) is 49.8 Å². The number of guanidine groups is 1. The van der Waals surface area contributed by atoms with E-state index in [-0.39, 0.29) is 17.8 Å². The second-order valence-corrected chi connectivity index (χ2v) is 9.03. The molecule has 36 heavy (non-hydrogen) atoms. The SMILES string of the molecule is NC(N)=NCCC[C@H](NC(=O)C1(C(=O)NCC(c2ccccc2)c2ccccc2)CCCC1)O[B]O. The lowest BCUT2D eigenvalue weighted by Gasteiger charge is -2.30. The predicted molar refractivity (Wildman–Crippen MR) is 140 cm³/mol. The Balaban J connectivity index is 1.70. The average Bonchev–Trinajstić information content (AvgIpc) is 3.39. The zero-order chi connectivity index (χ0) is 25.8. The number of carbonyl (C=O) groups excluding carboxylic acids is 2. The van der Waals surface area contributed by atoms with Crippen molar-refractivity contribution in [3.63, 3.8) is 0 Å². The first kappa shape index (κ1) is 27.2. The molecule has 0 heterocycles. The van der Waals surface area contributed by atoms with Gasteiger partial charge in [-0.25, -0.2) is 0 Å². The highest BCUT2D eigenvalue weighted by molar-refractivity contribution is 6.16. The van der Waals surface area contributed by atoms with Crippen molar-refractivity contribution in [3.8, 4) is 0 Å². The summed E-state index contributed by atoms with van der Waals surface area (Å²) < 4.78 is 5.17. The summed E-state index contributed by atoms with van der Waals surface area (Å²) >= 11 is 0. The Labute approximate surface area is 213 Å². The van der Waals surface area contributed by atoms with Gasteiger partial charge >= 0.3 is 7.69 Å². The van der Waals surface area contributed by atoms with E-state index in [1.807, 2.05) is 60.7 Å². The summed E-state index contributed by atoms with van der Waals surface area (Å²) in [5.41, 5.74) is 11.7. The van der Waals surface area contributed by atoms with Crippen LogP contribution in [0.1, 0.15) is 55.6 Å². The maximum Gasteiger partial charge on any atom is 0.486 e. The van der Waals surface area contributed by atoms with Crippen molar-refractivity contribution in [2.24, 2.45) is 21.9 Å². The molecule has 0 bridgehead atoms. The van der Waals surface area contributed by atoms with Gasteiger partial charge in [0, 0.05) is 19.0 Å². The van der Waals surface area contributed by atoms with Gasteiger partial charge in [0.15, 0.2) is 5.96 Å². The van der Waals surface area contributed by atoms with Gasteiger partial charge in [-0.1, -0.05) is 73.5 Å². The highest BCUT2D eigenvalue weighted by atomic mass is 16.5. The number of hydrogen-bond donors (Lipinski definition) is 5. The lowest BCUT2D eigenvalue weighted by atomic mass is 9.83. The van der Waals surface area contributed by atoms with Crippen LogP contribution in [0.5, 0.6) is 0 Å². The molecule has 2 aromatic carbocycles. The molecule has 3 rings (SSSR count). The molecule has 0 saturated heterocycles. The van der Waals surface area contributed by atoms with E-state index in [1.165, 1.54) is 0 Å². The predicted octanol–water partition coefficient (Wildman–Crippen LogP) is 1.53. The van der Waals surface area contributed by atoms with Crippen molar-refractivity contribution < 1.29 is 19.3 Å². The fourth-order valence-electron chi connectivity index (χ4n) is 4.72. The summed E-state index contributed by atoms with van der Waals surface area (Å²) in [4.78, 5) is 30.9. The first-order valence-corrected chi connectivity index (χ1v) is 12.3. The van der Waals surface area contributed by atoms with Crippen LogP contribution in [-0.2, 0) is 14.2 Å². The zero-order valence-electron chi connectivity index (χ0n) is 20.4. The number of nitrogens with two attached hydrogens (primary N) is 2. The minimum atomic E-state index is -1.19. The minimum Gasteiger partial charge on any atom is -0.429 e. The fraction of sp³-hybridized carbons (Fsp3) is 0.423. The third kappa shape index (κ3) is 7.32. The van der Waals surface area contributed by atoms with Crippen LogP contribution >= 0.6 is 0 Å². The molecular weight excluding hydrogens is 457 g/mol. The summed E-state index contributed by atoms with van der Waals surface area (Å²) in [6.07, 6.45) is 2.55. The van der Waals surface area contributed by atoms with Crippen molar-refractivity contribution in [2.45, 2.75) is 50.7 Å². The Morgan fingerprint density at radius 1 is 1.00 bits per heavy atom. The fourth-order valence-corrected chi connectivity index (χ4v) is 4.72. The highest BCUT2D eigenvalue weighted by Crippen LogP contribution is 2.39. The molecule has 2 amide bonds. The Hall–Kier alpha value is -3.37. The average molecular weight is 492 g/mol. The molecule has 1 aliphatic rings. The molecule has 0 spiro atoms.